The van der Waals surface area contributed by atoms with Crippen LogP contribution in [0.4, 0.5) is 11.5 Å². The number of benzene rings is 2. The summed E-state index contributed by atoms with van der Waals surface area (Å²) in [7, 11) is -4.06. The van der Waals surface area contributed by atoms with Crippen molar-refractivity contribution in [3.63, 3.8) is 0 Å². The third kappa shape index (κ3) is 4.60. The molecular formula is C18H14ClN5O4S. The van der Waals surface area contributed by atoms with Crippen LogP contribution >= 0.6 is 11.6 Å². The fourth-order valence-corrected chi connectivity index (χ4v) is 4.04. The molecule has 0 radical (unpaired) electrons. The lowest BCUT2D eigenvalue weighted by atomic mass is 10.1. The smallest absolute Gasteiger partial charge is 0.289 e. The van der Waals surface area contributed by atoms with E-state index in [9.17, 15) is 23.8 Å². The summed E-state index contributed by atoms with van der Waals surface area (Å²) in [6.45, 7) is 0.105. The van der Waals surface area contributed by atoms with Crippen LogP contribution in [0.5, 0.6) is 0 Å². The molecule has 0 amide bonds. The SMILES string of the molecule is N#Cc1cc(NCCNS(=O)(=O)c2ccccc2[N+](=O)[O-])nc2ccc(Cl)cc12. The van der Waals surface area contributed by atoms with Crippen LogP contribution in [0.1, 0.15) is 5.56 Å². The van der Waals surface area contributed by atoms with Gasteiger partial charge in [-0.25, -0.2) is 18.1 Å². The number of nitriles is 1. The number of fused-ring (bicyclic) bond motifs is 1. The lowest BCUT2D eigenvalue weighted by Gasteiger charge is -2.10. The number of sulfonamides is 1. The highest BCUT2D eigenvalue weighted by atomic mass is 35.5. The van der Waals surface area contributed by atoms with Gasteiger partial charge in [0.05, 0.1) is 22.1 Å². The van der Waals surface area contributed by atoms with E-state index in [1.807, 2.05) is 0 Å². The van der Waals surface area contributed by atoms with Crippen molar-refractivity contribution in [1.82, 2.24) is 9.71 Å². The second-order valence-corrected chi connectivity index (χ2v) is 8.05. The lowest BCUT2D eigenvalue weighted by Crippen LogP contribution is -2.29. The highest BCUT2D eigenvalue weighted by molar-refractivity contribution is 7.89. The van der Waals surface area contributed by atoms with E-state index in [0.717, 1.165) is 6.07 Å². The first-order valence-electron chi connectivity index (χ1n) is 8.29. The van der Waals surface area contributed by atoms with Crippen molar-refractivity contribution >= 4 is 44.0 Å². The van der Waals surface area contributed by atoms with Gasteiger partial charge in [0.15, 0.2) is 4.90 Å². The molecule has 0 spiro atoms. The second-order valence-electron chi connectivity index (χ2n) is 5.88. The molecule has 9 nitrogen and oxygen atoms in total. The van der Waals surface area contributed by atoms with Gasteiger partial charge in [-0.3, -0.25) is 10.1 Å². The van der Waals surface area contributed by atoms with Crippen molar-refractivity contribution in [3.8, 4) is 6.07 Å². The Bertz CT molecular complexity index is 1240. The molecule has 0 atom stereocenters. The van der Waals surface area contributed by atoms with E-state index < -0.39 is 25.5 Å². The van der Waals surface area contributed by atoms with Gasteiger partial charge < -0.3 is 5.32 Å². The van der Waals surface area contributed by atoms with E-state index in [1.165, 1.54) is 24.3 Å². The summed E-state index contributed by atoms with van der Waals surface area (Å²) in [6, 6.07) is 13.7. The monoisotopic (exact) mass is 431 g/mol. The van der Waals surface area contributed by atoms with E-state index in [-0.39, 0.29) is 13.1 Å². The molecule has 3 rings (SSSR count). The Kier molecular flexibility index (Phi) is 5.93. The number of nitro benzene ring substituents is 1. The molecule has 2 aromatic carbocycles. The molecule has 3 aromatic rings. The van der Waals surface area contributed by atoms with E-state index in [1.54, 1.807) is 18.2 Å². The van der Waals surface area contributed by atoms with Gasteiger partial charge in [-0.05, 0) is 30.3 Å². The standard InChI is InChI=1S/C18H14ClN5O4S/c19-13-5-6-15-14(10-13)12(11-20)9-18(23-15)21-7-8-22-29(27,28)17-4-2-1-3-16(17)24(25)26/h1-6,9-10,22H,7-8H2,(H,21,23). The molecule has 0 aliphatic rings. The van der Waals surface area contributed by atoms with Crippen molar-refractivity contribution in [2.24, 2.45) is 0 Å². The molecule has 0 aliphatic heterocycles. The summed E-state index contributed by atoms with van der Waals surface area (Å²) in [4.78, 5) is 14.2. The maximum Gasteiger partial charge on any atom is 0.289 e. The lowest BCUT2D eigenvalue weighted by molar-refractivity contribution is -0.387. The molecular weight excluding hydrogens is 418 g/mol. The zero-order valence-corrected chi connectivity index (χ0v) is 16.4. The fourth-order valence-electron chi connectivity index (χ4n) is 2.67. The number of nitro groups is 1. The zero-order chi connectivity index (χ0) is 21.0. The minimum Gasteiger partial charge on any atom is -0.369 e. The van der Waals surface area contributed by atoms with Crippen molar-refractivity contribution in [3.05, 3.63) is 69.2 Å². The average Bonchev–Trinajstić information content (AvgIpc) is 2.70. The van der Waals surface area contributed by atoms with Crippen molar-refractivity contribution in [2.75, 3.05) is 18.4 Å². The predicted molar refractivity (Wildman–Crippen MR) is 108 cm³/mol. The summed E-state index contributed by atoms with van der Waals surface area (Å²) in [6.07, 6.45) is 0. The molecule has 0 bridgehead atoms. The molecule has 0 saturated heterocycles. The number of hydrogen-bond donors (Lipinski definition) is 2. The maximum absolute atomic E-state index is 12.4. The Morgan fingerprint density at radius 1 is 1.17 bits per heavy atom. The van der Waals surface area contributed by atoms with Crippen LogP contribution in [0.2, 0.25) is 5.02 Å². The van der Waals surface area contributed by atoms with Gasteiger partial charge in [0, 0.05) is 29.6 Å². The third-order valence-electron chi connectivity index (χ3n) is 3.97. The summed E-state index contributed by atoms with van der Waals surface area (Å²) in [5.74, 6) is 0.390. The third-order valence-corrected chi connectivity index (χ3v) is 5.71. The number of hydrogen-bond acceptors (Lipinski definition) is 7. The largest absolute Gasteiger partial charge is 0.369 e. The number of anilines is 1. The Labute approximate surface area is 171 Å². The minimum atomic E-state index is -4.06. The van der Waals surface area contributed by atoms with Gasteiger partial charge in [0.25, 0.3) is 5.69 Å². The van der Waals surface area contributed by atoms with Crippen LogP contribution in [0.25, 0.3) is 10.9 Å². The van der Waals surface area contributed by atoms with Crippen molar-refractivity contribution in [2.45, 2.75) is 4.90 Å². The Hall–Kier alpha value is -3.26. The molecule has 11 heteroatoms. The number of para-hydroxylation sites is 1. The number of nitrogens with zero attached hydrogens (tertiary/aromatic N) is 3. The molecule has 0 aliphatic carbocycles. The van der Waals surface area contributed by atoms with Gasteiger partial charge >= 0.3 is 0 Å². The Morgan fingerprint density at radius 2 is 1.93 bits per heavy atom. The Balaban J connectivity index is 1.70. The van der Waals surface area contributed by atoms with Crippen LogP contribution in [0, 0.1) is 21.4 Å². The minimum absolute atomic E-state index is 0.0450. The molecule has 0 fully saturated rings. The van der Waals surface area contributed by atoms with Gasteiger partial charge in [-0.1, -0.05) is 23.7 Å². The molecule has 1 aromatic heterocycles. The van der Waals surface area contributed by atoms with Gasteiger partial charge in [-0.2, -0.15) is 5.26 Å². The first-order chi connectivity index (χ1) is 13.8. The first-order valence-corrected chi connectivity index (χ1v) is 10.2. The topological polar surface area (TPSA) is 138 Å². The summed E-state index contributed by atoms with van der Waals surface area (Å²) in [5, 5.41) is 24.4. The van der Waals surface area contributed by atoms with Crippen LogP contribution < -0.4 is 10.0 Å². The number of aromatic nitrogens is 1. The highest BCUT2D eigenvalue weighted by Crippen LogP contribution is 2.24. The molecule has 0 unspecified atom stereocenters. The summed E-state index contributed by atoms with van der Waals surface area (Å²) >= 11 is 5.95. The summed E-state index contributed by atoms with van der Waals surface area (Å²) < 4.78 is 27.0. The second kappa shape index (κ2) is 8.40. The average molecular weight is 432 g/mol. The van der Waals surface area contributed by atoms with Gasteiger partial charge in [-0.15, -0.1) is 0 Å². The fraction of sp³-hybridized carbons (Fsp3) is 0.111. The molecule has 0 saturated carbocycles. The number of rotatable bonds is 7. The Morgan fingerprint density at radius 3 is 2.66 bits per heavy atom. The molecule has 29 heavy (non-hydrogen) atoms. The van der Waals surface area contributed by atoms with E-state index in [0.29, 0.717) is 27.3 Å². The summed E-state index contributed by atoms with van der Waals surface area (Å²) in [5.41, 5.74) is 0.443. The molecule has 148 valence electrons. The van der Waals surface area contributed by atoms with Crippen LogP contribution in [0.15, 0.2) is 53.4 Å². The molecule has 1 heterocycles. The van der Waals surface area contributed by atoms with Gasteiger partial charge in [0.2, 0.25) is 10.0 Å². The van der Waals surface area contributed by atoms with E-state index in [4.69, 9.17) is 11.6 Å². The van der Waals surface area contributed by atoms with Crippen LogP contribution in [0.3, 0.4) is 0 Å². The van der Waals surface area contributed by atoms with E-state index >= 15 is 0 Å². The zero-order valence-electron chi connectivity index (χ0n) is 14.8. The van der Waals surface area contributed by atoms with Gasteiger partial charge in [0.1, 0.15) is 5.82 Å². The van der Waals surface area contributed by atoms with E-state index in [2.05, 4.69) is 21.1 Å². The van der Waals surface area contributed by atoms with Crippen LogP contribution in [-0.4, -0.2) is 31.4 Å². The molecule has 2 N–H and O–H groups in total. The maximum atomic E-state index is 12.4. The number of nitrogens with one attached hydrogen (secondary N) is 2. The quantitative estimate of drug-likeness (QED) is 0.333. The van der Waals surface area contributed by atoms with Crippen molar-refractivity contribution < 1.29 is 13.3 Å². The van der Waals surface area contributed by atoms with Crippen LogP contribution in [-0.2, 0) is 10.0 Å². The predicted octanol–water partition coefficient (Wildman–Crippen LogP) is 3.06. The van der Waals surface area contributed by atoms with Crippen molar-refractivity contribution in [1.29, 1.82) is 5.26 Å². The number of pyridine rings is 1. The normalized spacial score (nSPS) is 11.2. The number of halogens is 1. The highest BCUT2D eigenvalue weighted by Gasteiger charge is 2.24. The first kappa shape index (κ1) is 20.5.